The lowest BCUT2D eigenvalue weighted by molar-refractivity contribution is 0.0517. The molecule has 5 heteroatoms. The Kier molecular flexibility index (Phi) is 4.40. The number of aryl methyl sites for hydroxylation is 1. The average molecular weight is 257 g/mol. The van der Waals surface area contributed by atoms with Gasteiger partial charge in [-0.05, 0) is 31.9 Å². The zero-order chi connectivity index (χ0) is 13.9. The summed E-state index contributed by atoms with van der Waals surface area (Å²) in [6, 6.07) is 1.84. The van der Waals surface area contributed by atoms with Crippen molar-refractivity contribution in [2.24, 2.45) is 0 Å². The number of hydrogen-bond donors (Lipinski definition) is 2. The quantitative estimate of drug-likeness (QED) is 0.868. The molecule has 0 aromatic heterocycles. The van der Waals surface area contributed by atoms with E-state index in [-0.39, 0.29) is 17.7 Å². The molecular weight excluding hydrogens is 240 g/mol. The highest BCUT2D eigenvalue weighted by Gasteiger charge is 2.20. The van der Waals surface area contributed by atoms with E-state index in [1.807, 2.05) is 0 Å². The molecule has 0 bridgehead atoms. The van der Waals surface area contributed by atoms with Crippen LogP contribution >= 0.6 is 0 Å². The molecule has 0 spiro atoms. The van der Waals surface area contributed by atoms with Crippen LogP contribution in [-0.2, 0) is 0 Å². The van der Waals surface area contributed by atoms with Crippen LogP contribution in [0.2, 0.25) is 0 Å². The zero-order valence-corrected chi connectivity index (χ0v) is 10.7. The van der Waals surface area contributed by atoms with Gasteiger partial charge < -0.3 is 10.4 Å². The molecular formula is C13H17F2NO2. The van der Waals surface area contributed by atoms with E-state index in [2.05, 4.69) is 5.32 Å². The second-order valence-electron chi connectivity index (χ2n) is 4.61. The van der Waals surface area contributed by atoms with E-state index in [1.54, 1.807) is 13.8 Å². The minimum atomic E-state index is -1.04. The Labute approximate surface area is 105 Å². The third-order valence-electron chi connectivity index (χ3n) is 2.88. The van der Waals surface area contributed by atoms with Crippen LogP contribution in [0.3, 0.4) is 0 Å². The molecule has 0 aliphatic carbocycles. The molecule has 0 fully saturated rings. The topological polar surface area (TPSA) is 49.3 Å². The standard InChI is InChI=1S/C13H17F2NO2/c1-4-13(3,18)7-16-12(17)9-5-8(2)10(14)6-11(9)15/h5-6,18H,4,7H2,1-3H3,(H,16,17). The maximum absolute atomic E-state index is 13.4. The van der Waals surface area contributed by atoms with Gasteiger partial charge in [0.15, 0.2) is 0 Å². The number of rotatable bonds is 4. The van der Waals surface area contributed by atoms with Crippen molar-refractivity contribution in [2.45, 2.75) is 32.8 Å². The van der Waals surface area contributed by atoms with Gasteiger partial charge in [0, 0.05) is 12.6 Å². The van der Waals surface area contributed by atoms with Crippen molar-refractivity contribution >= 4 is 5.91 Å². The summed E-state index contributed by atoms with van der Waals surface area (Å²) in [7, 11) is 0. The van der Waals surface area contributed by atoms with Gasteiger partial charge in [-0.2, -0.15) is 0 Å². The predicted octanol–water partition coefficient (Wildman–Crippen LogP) is 2.16. The van der Waals surface area contributed by atoms with Crippen LogP contribution in [0.1, 0.15) is 36.2 Å². The van der Waals surface area contributed by atoms with E-state index in [9.17, 15) is 18.7 Å². The van der Waals surface area contributed by atoms with Gasteiger partial charge in [0.2, 0.25) is 0 Å². The van der Waals surface area contributed by atoms with E-state index >= 15 is 0 Å². The lowest BCUT2D eigenvalue weighted by atomic mass is 10.0. The third-order valence-corrected chi connectivity index (χ3v) is 2.88. The highest BCUT2D eigenvalue weighted by molar-refractivity contribution is 5.94. The van der Waals surface area contributed by atoms with Gasteiger partial charge in [0.25, 0.3) is 5.91 Å². The van der Waals surface area contributed by atoms with E-state index in [1.165, 1.54) is 6.92 Å². The second-order valence-corrected chi connectivity index (χ2v) is 4.61. The first-order valence-electron chi connectivity index (χ1n) is 5.73. The summed E-state index contributed by atoms with van der Waals surface area (Å²) in [5, 5.41) is 12.1. The van der Waals surface area contributed by atoms with Gasteiger partial charge in [0.05, 0.1) is 11.2 Å². The molecule has 100 valence electrons. The highest BCUT2D eigenvalue weighted by Crippen LogP contribution is 2.14. The fourth-order valence-corrected chi connectivity index (χ4v) is 1.32. The Morgan fingerprint density at radius 2 is 2.00 bits per heavy atom. The molecule has 1 unspecified atom stereocenters. The molecule has 2 N–H and O–H groups in total. The van der Waals surface area contributed by atoms with Crippen molar-refractivity contribution in [2.75, 3.05) is 6.54 Å². The lowest BCUT2D eigenvalue weighted by Crippen LogP contribution is -2.40. The van der Waals surface area contributed by atoms with Gasteiger partial charge in [-0.25, -0.2) is 8.78 Å². The minimum Gasteiger partial charge on any atom is -0.388 e. The van der Waals surface area contributed by atoms with E-state index in [0.717, 1.165) is 6.07 Å². The molecule has 0 aliphatic rings. The van der Waals surface area contributed by atoms with Crippen LogP contribution in [0.5, 0.6) is 0 Å². The summed E-state index contributed by atoms with van der Waals surface area (Å²) in [4.78, 5) is 11.7. The summed E-state index contributed by atoms with van der Waals surface area (Å²) in [6.07, 6.45) is 0.457. The maximum atomic E-state index is 13.4. The van der Waals surface area contributed by atoms with Crippen molar-refractivity contribution in [1.29, 1.82) is 0 Å². The molecule has 1 aromatic carbocycles. The van der Waals surface area contributed by atoms with Crippen LogP contribution in [0.4, 0.5) is 8.78 Å². The monoisotopic (exact) mass is 257 g/mol. The first-order valence-corrected chi connectivity index (χ1v) is 5.73. The number of carbonyl (C=O) groups is 1. The molecule has 0 aliphatic heterocycles. The molecule has 0 heterocycles. The fraction of sp³-hybridized carbons (Fsp3) is 0.462. The smallest absolute Gasteiger partial charge is 0.254 e. The third kappa shape index (κ3) is 3.50. The summed E-state index contributed by atoms with van der Waals surface area (Å²) >= 11 is 0. The Morgan fingerprint density at radius 3 is 2.56 bits per heavy atom. The van der Waals surface area contributed by atoms with Crippen molar-refractivity contribution in [3.05, 3.63) is 34.9 Å². The normalized spacial score (nSPS) is 14.1. The molecule has 1 atom stereocenters. The van der Waals surface area contributed by atoms with Crippen LogP contribution in [0.25, 0.3) is 0 Å². The highest BCUT2D eigenvalue weighted by atomic mass is 19.1. The Balaban J connectivity index is 2.82. The van der Waals surface area contributed by atoms with Gasteiger partial charge in [-0.15, -0.1) is 0 Å². The van der Waals surface area contributed by atoms with Crippen LogP contribution in [0, 0.1) is 18.6 Å². The van der Waals surface area contributed by atoms with Crippen molar-refractivity contribution < 1.29 is 18.7 Å². The molecule has 0 radical (unpaired) electrons. The lowest BCUT2D eigenvalue weighted by Gasteiger charge is -2.21. The number of benzene rings is 1. The molecule has 1 aromatic rings. The number of nitrogens with one attached hydrogen (secondary N) is 1. The maximum Gasteiger partial charge on any atom is 0.254 e. The first-order chi connectivity index (χ1) is 8.26. The van der Waals surface area contributed by atoms with E-state index < -0.39 is 23.1 Å². The van der Waals surface area contributed by atoms with Crippen molar-refractivity contribution in [1.82, 2.24) is 5.32 Å². The van der Waals surface area contributed by atoms with Crippen molar-refractivity contribution in [3.63, 3.8) is 0 Å². The summed E-state index contributed by atoms with van der Waals surface area (Å²) in [5.74, 6) is -2.26. The minimum absolute atomic E-state index is 0.0121. The second kappa shape index (κ2) is 5.44. The average Bonchev–Trinajstić information content (AvgIpc) is 2.31. The number of aliphatic hydroxyl groups is 1. The predicted molar refractivity (Wildman–Crippen MR) is 64.3 cm³/mol. The van der Waals surface area contributed by atoms with Crippen molar-refractivity contribution in [3.8, 4) is 0 Å². The van der Waals surface area contributed by atoms with Crippen LogP contribution in [0.15, 0.2) is 12.1 Å². The summed E-state index contributed by atoms with van der Waals surface area (Å²) in [6.45, 7) is 4.81. The number of hydrogen-bond acceptors (Lipinski definition) is 2. The summed E-state index contributed by atoms with van der Waals surface area (Å²) in [5.41, 5.74) is -1.06. The van der Waals surface area contributed by atoms with Gasteiger partial charge >= 0.3 is 0 Å². The molecule has 1 amide bonds. The van der Waals surface area contributed by atoms with E-state index in [0.29, 0.717) is 12.5 Å². The van der Waals surface area contributed by atoms with Crippen LogP contribution < -0.4 is 5.32 Å². The van der Waals surface area contributed by atoms with Gasteiger partial charge in [-0.1, -0.05) is 6.92 Å². The molecule has 18 heavy (non-hydrogen) atoms. The Morgan fingerprint density at radius 1 is 1.39 bits per heavy atom. The molecule has 0 saturated heterocycles. The molecule has 1 rings (SSSR count). The number of carbonyl (C=O) groups excluding carboxylic acids is 1. The first kappa shape index (κ1) is 14.6. The largest absolute Gasteiger partial charge is 0.388 e. The fourth-order valence-electron chi connectivity index (χ4n) is 1.32. The summed E-state index contributed by atoms with van der Waals surface area (Å²) < 4.78 is 26.5. The molecule has 0 saturated carbocycles. The van der Waals surface area contributed by atoms with Gasteiger partial charge in [0.1, 0.15) is 11.6 Å². The number of amides is 1. The van der Waals surface area contributed by atoms with Crippen LogP contribution in [-0.4, -0.2) is 23.2 Å². The Hall–Kier alpha value is -1.49. The van der Waals surface area contributed by atoms with Gasteiger partial charge in [-0.3, -0.25) is 4.79 Å². The Bertz CT molecular complexity index is 459. The molecule has 3 nitrogen and oxygen atoms in total. The van der Waals surface area contributed by atoms with E-state index in [4.69, 9.17) is 0 Å². The zero-order valence-electron chi connectivity index (χ0n) is 10.7. The number of halogens is 2. The SMILES string of the molecule is CCC(C)(O)CNC(=O)c1cc(C)c(F)cc1F.